The Labute approximate surface area is 193 Å². The van der Waals surface area contributed by atoms with Gasteiger partial charge in [-0.25, -0.2) is 0 Å². The van der Waals surface area contributed by atoms with Gasteiger partial charge < -0.3 is 5.32 Å². The molecule has 3 rings (SSSR count). The van der Waals surface area contributed by atoms with E-state index in [-0.39, 0.29) is 11.8 Å². The van der Waals surface area contributed by atoms with Crippen LogP contribution in [0.15, 0.2) is 48.5 Å². The maximum absolute atomic E-state index is 12.5. The molecule has 0 aliphatic heterocycles. The van der Waals surface area contributed by atoms with Crippen molar-refractivity contribution >= 4 is 28.3 Å². The van der Waals surface area contributed by atoms with Crippen LogP contribution in [0, 0.1) is 6.92 Å². The largest absolute Gasteiger partial charge is 0.341 e. The molecule has 1 aromatic heterocycles. The van der Waals surface area contributed by atoms with E-state index in [9.17, 15) is 9.59 Å². The number of nitrogens with one attached hydrogen (secondary N) is 2. The van der Waals surface area contributed by atoms with E-state index in [0.29, 0.717) is 10.7 Å². The Bertz CT molecular complexity index is 1030. The molecule has 0 saturated heterocycles. The molecule has 0 spiro atoms. The summed E-state index contributed by atoms with van der Waals surface area (Å²) in [6, 6.07) is 14.8. The van der Waals surface area contributed by atoms with E-state index in [1.54, 1.807) is 6.92 Å². The molecule has 0 bridgehead atoms. The fourth-order valence-electron chi connectivity index (χ4n) is 3.22. The van der Waals surface area contributed by atoms with Gasteiger partial charge in [-0.15, -0.1) is 10.2 Å². The fraction of sp³-hybridized carbons (Fsp3) is 0.360. The molecule has 0 saturated carbocycles. The first-order chi connectivity index (χ1) is 15.5. The molecule has 0 aliphatic carbocycles. The van der Waals surface area contributed by atoms with Crippen LogP contribution in [-0.4, -0.2) is 28.1 Å². The average Bonchev–Trinajstić information content (AvgIpc) is 3.26. The number of hydrogen-bond acceptors (Lipinski definition) is 5. The van der Waals surface area contributed by atoms with Crippen LogP contribution >= 0.6 is 11.3 Å². The fourth-order valence-corrected chi connectivity index (χ4v) is 3.98. The summed E-state index contributed by atoms with van der Waals surface area (Å²) in [7, 11) is 0. The van der Waals surface area contributed by atoms with Gasteiger partial charge in [0.05, 0.1) is 0 Å². The van der Waals surface area contributed by atoms with Crippen molar-refractivity contribution in [2.24, 2.45) is 0 Å². The van der Waals surface area contributed by atoms with Crippen LogP contribution in [0.25, 0.3) is 10.6 Å². The first-order valence-electron chi connectivity index (χ1n) is 11.1. The van der Waals surface area contributed by atoms with E-state index in [0.717, 1.165) is 29.0 Å². The monoisotopic (exact) mass is 450 g/mol. The zero-order valence-electron chi connectivity index (χ0n) is 18.9. The van der Waals surface area contributed by atoms with Crippen LogP contribution in [0.2, 0.25) is 0 Å². The Morgan fingerprint density at radius 1 is 0.969 bits per heavy atom. The average molecular weight is 451 g/mol. The molecule has 2 amide bonds. The number of benzene rings is 2. The van der Waals surface area contributed by atoms with Gasteiger partial charge in [-0.2, -0.15) is 0 Å². The summed E-state index contributed by atoms with van der Waals surface area (Å²) in [5.41, 5.74) is 3.88. The van der Waals surface area contributed by atoms with Gasteiger partial charge in [-0.05, 0) is 44.4 Å². The van der Waals surface area contributed by atoms with Crippen LogP contribution in [-0.2, 0) is 11.2 Å². The summed E-state index contributed by atoms with van der Waals surface area (Å²) in [5, 5.41) is 14.8. The smallest absolute Gasteiger partial charge is 0.251 e. The third-order valence-corrected chi connectivity index (χ3v) is 6.12. The van der Waals surface area contributed by atoms with Crippen LogP contribution in [0.3, 0.4) is 0 Å². The number of carbonyl (C=O) groups is 2. The molecule has 6 nitrogen and oxygen atoms in total. The van der Waals surface area contributed by atoms with E-state index in [2.05, 4.69) is 27.8 Å². The van der Waals surface area contributed by atoms with Gasteiger partial charge in [0.2, 0.25) is 11.0 Å². The van der Waals surface area contributed by atoms with Gasteiger partial charge in [-0.3, -0.25) is 14.9 Å². The molecule has 168 valence electrons. The van der Waals surface area contributed by atoms with Crippen LogP contribution in [0.5, 0.6) is 0 Å². The normalized spacial score (nSPS) is 11.7. The van der Waals surface area contributed by atoms with Crippen molar-refractivity contribution in [1.82, 2.24) is 15.5 Å². The Kier molecular flexibility index (Phi) is 8.50. The Balaban J connectivity index is 1.50. The zero-order valence-corrected chi connectivity index (χ0v) is 19.7. The lowest BCUT2D eigenvalue weighted by molar-refractivity contribution is -0.117. The lowest BCUT2D eigenvalue weighted by Gasteiger charge is -2.13. The number of aryl methyl sites for hydroxylation is 2. The third-order valence-electron chi connectivity index (χ3n) is 5.23. The van der Waals surface area contributed by atoms with Gasteiger partial charge in [0.1, 0.15) is 11.0 Å². The van der Waals surface area contributed by atoms with Crippen LogP contribution < -0.4 is 10.6 Å². The molecule has 32 heavy (non-hydrogen) atoms. The highest BCUT2D eigenvalue weighted by Gasteiger charge is 2.18. The van der Waals surface area contributed by atoms with Crippen LogP contribution in [0.1, 0.15) is 61.0 Å². The zero-order chi connectivity index (χ0) is 22.9. The van der Waals surface area contributed by atoms with E-state index in [1.165, 1.54) is 36.2 Å². The van der Waals surface area contributed by atoms with Crippen molar-refractivity contribution in [3.8, 4) is 10.6 Å². The lowest BCUT2D eigenvalue weighted by atomic mass is 10.0. The summed E-state index contributed by atoms with van der Waals surface area (Å²) < 4.78 is 0. The maximum Gasteiger partial charge on any atom is 0.251 e. The highest BCUT2D eigenvalue weighted by atomic mass is 32.1. The second-order valence-corrected chi connectivity index (χ2v) is 8.95. The predicted molar refractivity (Wildman–Crippen MR) is 130 cm³/mol. The molecule has 2 aromatic carbocycles. The van der Waals surface area contributed by atoms with Gasteiger partial charge >= 0.3 is 0 Å². The van der Waals surface area contributed by atoms with Crippen molar-refractivity contribution in [2.75, 3.05) is 5.32 Å². The van der Waals surface area contributed by atoms with Gasteiger partial charge in [0, 0.05) is 11.1 Å². The highest BCUT2D eigenvalue weighted by molar-refractivity contribution is 7.18. The molecule has 3 aromatic rings. The van der Waals surface area contributed by atoms with Crippen molar-refractivity contribution in [1.29, 1.82) is 0 Å². The molecule has 1 atom stereocenters. The molecule has 1 unspecified atom stereocenters. The maximum atomic E-state index is 12.5. The summed E-state index contributed by atoms with van der Waals surface area (Å²) in [4.78, 5) is 25.0. The first-order valence-corrected chi connectivity index (χ1v) is 11.9. The van der Waals surface area contributed by atoms with Gasteiger partial charge in [0.25, 0.3) is 5.91 Å². The number of rotatable bonds is 10. The van der Waals surface area contributed by atoms with Gasteiger partial charge in [-0.1, -0.05) is 79.5 Å². The topological polar surface area (TPSA) is 84.0 Å². The Morgan fingerprint density at radius 2 is 1.69 bits per heavy atom. The standard InChI is InChI=1S/C25H30N4O2S/c1-4-5-6-7-8-19-11-15-20(16-12-19)23(31)26-18(3)22(30)27-25-29-28-24(32-25)21-13-9-17(2)10-14-21/h9-16,18H,4-8H2,1-3H3,(H,26,31)(H,27,29,30). The molecule has 0 radical (unpaired) electrons. The lowest BCUT2D eigenvalue weighted by Crippen LogP contribution is -2.41. The predicted octanol–water partition coefficient (Wildman–Crippen LogP) is 5.39. The minimum absolute atomic E-state index is 0.275. The first kappa shape index (κ1) is 23.6. The number of aromatic nitrogens is 2. The molecule has 0 aliphatic rings. The molecule has 1 heterocycles. The summed E-state index contributed by atoms with van der Waals surface area (Å²) in [6.45, 7) is 5.87. The Hall–Kier alpha value is -3.06. The van der Waals surface area contributed by atoms with Crippen molar-refractivity contribution in [2.45, 2.75) is 58.9 Å². The Morgan fingerprint density at radius 3 is 2.38 bits per heavy atom. The number of nitrogens with zero attached hydrogens (tertiary/aromatic N) is 2. The second kappa shape index (κ2) is 11.5. The van der Waals surface area contributed by atoms with E-state index < -0.39 is 6.04 Å². The van der Waals surface area contributed by atoms with E-state index >= 15 is 0 Å². The van der Waals surface area contributed by atoms with Crippen LogP contribution in [0.4, 0.5) is 5.13 Å². The molecule has 0 fully saturated rings. The number of hydrogen-bond donors (Lipinski definition) is 2. The molecule has 7 heteroatoms. The van der Waals surface area contributed by atoms with Crippen molar-refractivity contribution in [3.63, 3.8) is 0 Å². The number of amides is 2. The second-order valence-electron chi connectivity index (χ2n) is 7.97. The van der Waals surface area contributed by atoms with E-state index in [1.807, 2.05) is 55.5 Å². The van der Waals surface area contributed by atoms with Crippen molar-refractivity contribution in [3.05, 3.63) is 65.2 Å². The van der Waals surface area contributed by atoms with Crippen molar-refractivity contribution < 1.29 is 9.59 Å². The molecular weight excluding hydrogens is 420 g/mol. The summed E-state index contributed by atoms with van der Waals surface area (Å²) >= 11 is 1.30. The minimum atomic E-state index is -0.706. The van der Waals surface area contributed by atoms with E-state index in [4.69, 9.17) is 0 Å². The summed E-state index contributed by atoms with van der Waals surface area (Å²) in [5.74, 6) is -0.611. The number of carbonyl (C=O) groups excluding carboxylic acids is 2. The van der Waals surface area contributed by atoms with Gasteiger partial charge in [0.15, 0.2) is 0 Å². The SMILES string of the molecule is CCCCCCc1ccc(C(=O)NC(C)C(=O)Nc2nnc(-c3ccc(C)cc3)s2)cc1. The molecule has 2 N–H and O–H groups in total. The third kappa shape index (κ3) is 6.72. The minimum Gasteiger partial charge on any atom is -0.341 e. The summed E-state index contributed by atoms with van der Waals surface area (Å²) in [6.07, 6.45) is 5.88. The quantitative estimate of drug-likeness (QED) is 0.406. The molecular formula is C25H30N4O2S. The number of anilines is 1. The highest BCUT2D eigenvalue weighted by Crippen LogP contribution is 2.26. The number of unbranched alkanes of at least 4 members (excludes halogenated alkanes) is 3.